The molecule has 2 aromatic rings. The third-order valence-electron chi connectivity index (χ3n) is 2.68. The van der Waals surface area contributed by atoms with Gasteiger partial charge >= 0.3 is 0 Å². The Kier molecular flexibility index (Phi) is 4.50. The first-order valence-corrected chi connectivity index (χ1v) is 7.37. The molecule has 102 valence electrons. The highest BCUT2D eigenvalue weighted by Crippen LogP contribution is 2.29. The fourth-order valence-electron chi connectivity index (χ4n) is 1.66. The first-order valence-electron chi connectivity index (χ1n) is 5.80. The van der Waals surface area contributed by atoms with E-state index in [0.29, 0.717) is 12.2 Å². The molecule has 19 heavy (non-hydrogen) atoms. The molecule has 0 aliphatic heterocycles. The molecule has 0 saturated carbocycles. The van der Waals surface area contributed by atoms with Crippen LogP contribution in [0.2, 0.25) is 9.36 Å². The highest BCUT2D eigenvalue weighted by molar-refractivity contribution is 7.16. The Morgan fingerprint density at radius 1 is 1.47 bits per heavy atom. The van der Waals surface area contributed by atoms with Crippen molar-refractivity contribution in [1.82, 2.24) is 9.78 Å². The van der Waals surface area contributed by atoms with Crippen LogP contribution in [0.1, 0.15) is 24.8 Å². The highest BCUT2D eigenvalue weighted by Gasteiger charge is 2.13. The third-order valence-corrected chi connectivity index (χ3v) is 4.46. The smallest absolute Gasteiger partial charge is 0.287 e. The Morgan fingerprint density at radius 3 is 2.79 bits per heavy atom. The molecule has 0 aliphatic rings. The van der Waals surface area contributed by atoms with E-state index in [2.05, 4.69) is 10.4 Å². The predicted octanol–water partition coefficient (Wildman–Crippen LogP) is 3.80. The number of anilines is 1. The van der Waals surface area contributed by atoms with Crippen LogP contribution in [0.4, 0.5) is 5.69 Å². The number of nitrogens with zero attached hydrogens (tertiary/aromatic N) is 2. The van der Waals surface area contributed by atoms with Gasteiger partial charge in [-0.2, -0.15) is 5.10 Å². The minimum absolute atomic E-state index is 0.00803. The summed E-state index contributed by atoms with van der Waals surface area (Å²) in [5, 5.41) is 7.38. The fourth-order valence-corrected chi connectivity index (χ4v) is 2.92. The summed E-state index contributed by atoms with van der Waals surface area (Å²) in [5.74, 6) is 0. The zero-order valence-electron chi connectivity index (χ0n) is 10.5. The standard InChI is InChI=1S/C12H13Cl2N3OS/c1-3-17-12(18)11(14)8(6-15-17)16-7(2)9-4-5-10(13)19-9/h4-7,16H,3H2,1-2H3. The van der Waals surface area contributed by atoms with E-state index in [-0.39, 0.29) is 16.6 Å². The Morgan fingerprint density at radius 2 is 2.21 bits per heavy atom. The summed E-state index contributed by atoms with van der Waals surface area (Å²) < 4.78 is 2.05. The summed E-state index contributed by atoms with van der Waals surface area (Å²) in [6, 6.07) is 3.79. The molecule has 2 aromatic heterocycles. The van der Waals surface area contributed by atoms with Crippen LogP contribution in [0.15, 0.2) is 23.1 Å². The number of hydrogen-bond acceptors (Lipinski definition) is 4. The van der Waals surface area contributed by atoms with Gasteiger partial charge in [0.15, 0.2) is 0 Å². The molecule has 0 aromatic carbocycles. The lowest BCUT2D eigenvalue weighted by molar-refractivity contribution is 0.615. The summed E-state index contributed by atoms with van der Waals surface area (Å²) in [6.45, 7) is 4.31. The van der Waals surface area contributed by atoms with Gasteiger partial charge in [-0.15, -0.1) is 11.3 Å². The molecular weight excluding hydrogens is 305 g/mol. The monoisotopic (exact) mass is 317 g/mol. The second-order valence-electron chi connectivity index (χ2n) is 4.00. The summed E-state index contributed by atoms with van der Waals surface area (Å²) in [4.78, 5) is 12.9. The van der Waals surface area contributed by atoms with Crippen molar-refractivity contribution in [3.63, 3.8) is 0 Å². The largest absolute Gasteiger partial charge is 0.375 e. The van der Waals surface area contributed by atoms with E-state index in [0.717, 1.165) is 9.21 Å². The van der Waals surface area contributed by atoms with Crippen molar-refractivity contribution in [2.75, 3.05) is 5.32 Å². The molecular formula is C12H13Cl2N3OS. The molecule has 1 atom stereocenters. The van der Waals surface area contributed by atoms with Gasteiger partial charge < -0.3 is 5.32 Å². The number of nitrogens with one attached hydrogen (secondary N) is 1. The maximum absolute atomic E-state index is 11.9. The molecule has 2 rings (SSSR count). The van der Waals surface area contributed by atoms with Crippen LogP contribution >= 0.6 is 34.5 Å². The highest BCUT2D eigenvalue weighted by atomic mass is 35.5. The molecule has 0 amide bonds. The second-order valence-corrected chi connectivity index (χ2v) is 6.13. The molecule has 0 aliphatic carbocycles. The van der Waals surface area contributed by atoms with Crippen LogP contribution in [0.25, 0.3) is 0 Å². The molecule has 1 unspecified atom stereocenters. The van der Waals surface area contributed by atoms with E-state index in [1.807, 2.05) is 26.0 Å². The van der Waals surface area contributed by atoms with Gasteiger partial charge in [0.25, 0.3) is 5.56 Å². The predicted molar refractivity (Wildman–Crippen MR) is 80.5 cm³/mol. The van der Waals surface area contributed by atoms with Crippen LogP contribution in [0.3, 0.4) is 0 Å². The first-order chi connectivity index (χ1) is 9.02. The molecule has 0 saturated heterocycles. The van der Waals surface area contributed by atoms with E-state index >= 15 is 0 Å². The summed E-state index contributed by atoms with van der Waals surface area (Å²) >= 11 is 13.4. The Labute approximate surface area is 125 Å². The minimum Gasteiger partial charge on any atom is -0.375 e. The zero-order chi connectivity index (χ0) is 14.0. The van der Waals surface area contributed by atoms with Gasteiger partial charge in [-0.3, -0.25) is 4.79 Å². The van der Waals surface area contributed by atoms with Crippen molar-refractivity contribution in [1.29, 1.82) is 0 Å². The fraction of sp³-hybridized carbons (Fsp3) is 0.333. The Hall–Kier alpha value is -1.04. The van der Waals surface area contributed by atoms with Crippen LogP contribution < -0.4 is 10.9 Å². The molecule has 1 N–H and O–H groups in total. The zero-order valence-corrected chi connectivity index (χ0v) is 12.8. The lowest BCUT2D eigenvalue weighted by Crippen LogP contribution is -2.23. The Bertz CT molecular complexity index is 638. The van der Waals surface area contributed by atoms with Gasteiger partial charge in [0.1, 0.15) is 5.02 Å². The van der Waals surface area contributed by atoms with E-state index < -0.39 is 0 Å². The average Bonchev–Trinajstić information content (AvgIpc) is 2.82. The summed E-state index contributed by atoms with van der Waals surface area (Å²) in [7, 11) is 0. The van der Waals surface area contributed by atoms with Crippen molar-refractivity contribution < 1.29 is 0 Å². The van der Waals surface area contributed by atoms with Gasteiger partial charge in [-0.1, -0.05) is 23.2 Å². The molecule has 0 fully saturated rings. The van der Waals surface area contributed by atoms with E-state index in [4.69, 9.17) is 23.2 Å². The number of aromatic nitrogens is 2. The van der Waals surface area contributed by atoms with Crippen molar-refractivity contribution >= 4 is 40.2 Å². The molecule has 0 radical (unpaired) electrons. The minimum atomic E-state index is -0.287. The van der Waals surface area contributed by atoms with Gasteiger partial charge in [-0.25, -0.2) is 4.68 Å². The van der Waals surface area contributed by atoms with Gasteiger partial charge in [0.05, 0.1) is 22.3 Å². The molecule has 7 heteroatoms. The van der Waals surface area contributed by atoms with Crippen molar-refractivity contribution in [2.24, 2.45) is 0 Å². The summed E-state index contributed by atoms with van der Waals surface area (Å²) in [5.41, 5.74) is 0.249. The quantitative estimate of drug-likeness (QED) is 0.932. The summed E-state index contributed by atoms with van der Waals surface area (Å²) in [6.07, 6.45) is 1.57. The van der Waals surface area contributed by atoms with Crippen LogP contribution in [0.5, 0.6) is 0 Å². The van der Waals surface area contributed by atoms with Crippen molar-refractivity contribution in [2.45, 2.75) is 26.4 Å². The third kappa shape index (κ3) is 3.11. The van der Waals surface area contributed by atoms with Crippen LogP contribution in [-0.4, -0.2) is 9.78 Å². The number of halogens is 2. The first kappa shape index (κ1) is 14.4. The van der Waals surface area contributed by atoms with E-state index in [1.54, 1.807) is 6.20 Å². The van der Waals surface area contributed by atoms with Crippen LogP contribution in [0, 0.1) is 0 Å². The van der Waals surface area contributed by atoms with Gasteiger partial charge in [0, 0.05) is 11.4 Å². The number of aryl methyl sites for hydroxylation is 1. The maximum Gasteiger partial charge on any atom is 0.287 e. The van der Waals surface area contributed by atoms with Crippen LogP contribution in [-0.2, 0) is 6.54 Å². The molecule has 4 nitrogen and oxygen atoms in total. The number of rotatable bonds is 4. The lowest BCUT2D eigenvalue weighted by Gasteiger charge is -2.14. The maximum atomic E-state index is 11.9. The normalized spacial score (nSPS) is 12.4. The lowest BCUT2D eigenvalue weighted by atomic mass is 10.2. The topological polar surface area (TPSA) is 46.9 Å². The number of thiophene rings is 1. The molecule has 0 bridgehead atoms. The molecule has 2 heterocycles. The van der Waals surface area contributed by atoms with E-state index in [9.17, 15) is 4.79 Å². The second kappa shape index (κ2) is 5.94. The number of hydrogen-bond donors (Lipinski definition) is 1. The average molecular weight is 318 g/mol. The van der Waals surface area contributed by atoms with Crippen molar-refractivity contribution in [3.8, 4) is 0 Å². The van der Waals surface area contributed by atoms with E-state index in [1.165, 1.54) is 16.0 Å². The Balaban J connectivity index is 2.24. The van der Waals surface area contributed by atoms with Gasteiger partial charge in [-0.05, 0) is 26.0 Å². The van der Waals surface area contributed by atoms with Gasteiger partial charge in [0.2, 0.25) is 0 Å². The molecule has 0 spiro atoms. The van der Waals surface area contributed by atoms with Crippen molar-refractivity contribution in [3.05, 3.63) is 42.9 Å². The SMILES string of the molecule is CCn1ncc(NC(C)c2ccc(Cl)s2)c(Cl)c1=O.